The van der Waals surface area contributed by atoms with Gasteiger partial charge >= 0.3 is 5.97 Å². The van der Waals surface area contributed by atoms with Gasteiger partial charge in [0.25, 0.3) is 5.91 Å². The van der Waals surface area contributed by atoms with Crippen molar-refractivity contribution in [2.45, 2.75) is 32.6 Å². The van der Waals surface area contributed by atoms with Gasteiger partial charge in [0, 0.05) is 20.1 Å². The summed E-state index contributed by atoms with van der Waals surface area (Å²) in [7, 11) is 1.75. The summed E-state index contributed by atoms with van der Waals surface area (Å²) in [5.74, 6) is -1.39. The minimum Gasteiger partial charge on any atom is -0.481 e. The van der Waals surface area contributed by atoms with Crippen molar-refractivity contribution in [1.29, 1.82) is 0 Å². The van der Waals surface area contributed by atoms with E-state index >= 15 is 0 Å². The van der Waals surface area contributed by atoms with Crippen LogP contribution in [0, 0.1) is 5.92 Å². The monoisotopic (exact) mass is 279 g/mol. The highest BCUT2D eigenvalue weighted by atomic mass is 16.4. The van der Waals surface area contributed by atoms with Crippen molar-refractivity contribution in [1.82, 2.24) is 14.7 Å². The first-order chi connectivity index (χ1) is 9.52. The van der Waals surface area contributed by atoms with Gasteiger partial charge in [-0.05, 0) is 25.3 Å². The van der Waals surface area contributed by atoms with Crippen molar-refractivity contribution in [3.8, 4) is 0 Å². The lowest BCUT2D eigenvalue weighted by Gasteiger charge is -2.30. The molecule has 1 aromatic rings. The molecule has 6 heteroatoms. The first-order valence-corrected chi connectivity index (χ1v) is 7.08. The average molecular weight is 279 g/mol. The Morgan fingerprint density at radius 2 is 2.25 bits per heavy atom. The normalized spacial score (nSPS) is 19.1. The Balaban J connectivity index is 2.12. The quantitative estimate of drug-likeness (QED) is 0.901. The second-order valence-corrected chi connectivity index (χ2v) is 5.32. The van der Waals surface area contributed by atoms with E-state index in [2.05, 4.69) is 12.0 Å². The van der Waals surface area contributed by atoms with Crippen LogP contribution >= 0.6 is 0 Å². The molecule has 1 aromatic heterocycles. The number of rotatable bonds is 4. The van der Waals surface area contributed by atoms with E-state index in [-0.39, 0.29) is 5.91 Å². The van der Waals surface area contributed by atoms with E-state index in [0.29, 0.717) is 25.2 Å². The van der Waals surface area contributed by atoms with Crippen LogP contribution in [-0.2, 0) is 18.3 Å². The molecule has 1 saturated heterocycles. The van der Waals surface area contributed by atoms with Crippen LogP contribution in [0.15, 0.2) is 6.07 Å². The number of amides is 1. The third kappa shape index (κ3) is 3.00. The maximum atomic E-state index is 12.5. The highest BCUT2D eigenvalue weighted by Gasteiger charge is 2.29. The molecule has 1 aliphatic rings. The first kappa shape index (κ1) is 14.6. The SMILES string of the molecule is CCCc1cc(C(=O)N2CCCC(C(=O)O)C2)n(C)n1. The van der Waals surface area contributed by atoms with E-state index in [0.717, 1.165) is 25.0 Å². The lowest BCUT2D eigenvalue weighted by molar-refractivity contribution is -0.143. The molecule has 1 amide bonds. The van der Waals surface area contributed by atoms with Crippen molar-refractivity contribution < 1.29 is 14.7 Å². The van der Waals surface area contributed by atoms with Crippen LogP contribution < -0.4 is 0 Å². The molecule has 0 aromatic carbocycles. The fraction of sp³-hybridized carbons (Fsp3) is 0.643. The summed E-state index contributed by atoms with van der Waals surface area (Å²) in [6, 6.07) is 1.82. The Labute approximate surface area is 118 Å². The van der Waals surface area contributed by atoms with Gasteiger partial charge in [0.2, 0.25) is 0 Å². The summed E-state index contributed by atoms with van der Waals surface area (Å²) in [4.78, 5) is 25.2. The van der Waals surface area contributed by atoms with Crippen LogP contribution in [0.25, 0.3) is 0 Å². The average Bonchev–Trinajstić information content (AvgIpc) is 2.79. The molecular formula is C14H21N3O3. The van der Waals surface area contributed by atoms with Crippen molar-refractivity contribution in [2.75, 3.05) is 13.1 Å². The molecule has 6 nitrogen and oxygen atoms in total. The molecule has 0 bridgehead atoms. The Bertz CT molecular complexity index is 510. The standard InChI is InChI=1S/C14H21N3O3/c1-3-5-11-8-12(16(2)15-11)13(18)17-7-4-6-10(9-17)14(19)20/h8,10H,3-7,9H2,1-2H3,(H,19,20). The predicted octanol–water partition coefficient (Wildman–Crippen LogP) is 1.31. The largest absolute Gasteiger partial charge is 0.481 e. The number of carbonyl (C=O) groups is 2. The van der Waals surface area contributed by atoms with Gasteiger partial charge in [0.05, 0.1) is 11.6 Å². The van der Waals surface area contributed by atoms with Gasteiger partial charge in [0.1, 0.15) is 5.69 Å². The molecule has 0 saturated carbocycles. The number of hydrogen-bond acceptors (Lipinski definition) is 3. The molecule has 0 aliphatic carbocycles. The molecule has 1 atom stereocenters. The van der Waals surface area contributed by atoms with Gasteiger partial charge < -0.3 is 10.0 Å². The van der Waals surface area contributed by atoms with Gasteiger partial charge in [-0.1, -0.05) is 13.3 Å². The van der Waals surface area contributed by atoms with Gasteiger partial charge in [-0.3, -0.25) is 14.3 Å². The Kier molecular flexibility index (Phi) is 4.42. The van der Waals surface area contributed by atoms with E-state index in [1.165, 1.54) is 0 Å². The van der Waals surface area contributed by atoms with E-state index in [4.69, 9.17) is 5.11 Å². The Morgan fingerprint density at radius 1 is 1.50 bits per heavy atom. The minimum absolute atomic E-state index is 0.117. The summed E-state index contributed by atoms with van der Waals surface area (Å²) in [5, 5.41) is 13.4. The lowest BCUT2D eigenvalue weighted by atomic mass is 9.98. The molecule has 1 fully saturated rings. The van der Waals surface area contributed by atoms with Crippen LogP contribution in [0.5, 0.6) is 0 Å². The van der Waals surface area contributed by atoms with Gasteiger partial charge in [-0.15, -0.1) is 0 Å². The fourth-order valence-electron chi connectivity index (χ4n) is 2.63. The molecule has 2 heterocycles. The highest BCUT2D eigenvalue weighted by molar-refractivity contribution is 5.93. The molecule has 110 valence electrons. The Morgan fingerprint density at radius 3 is 2.90 bits per heavy atom. The van der Waals surface area contributed by atoms with Crippen LogP contribution in [0.3, 0.4) is 0 Å². The van der Waals surface area contributed by atoms with E-state index in [1.54, 1.807) is 16.6 Å². The first-order valence-electron chi connectivity index (χ1n) is 7.08. The third-order valence-corrected chi connectivity index (χ3v) is 3.71. The lowest BCUT2D eigenvalue weighted by Crippen LogP contribution is -2.42. The van der Waals surface area contributed by atoms with Crippen LogP contribution in [-0.4, -0.2) is 44.8 Å². The second-order valence-electron chi connectivity index (χ2n) is 5.32. The van der Waals surface area contributed by atoms with Crippen molar-refractivity contribution in [2.24, 2.45) is 13.0 Å². The van der Waals surface area contributed by atoms with Crippen molar-refractivity contribution in [3.63, 3.8) is 0 Å². The van der Waals surface area contributed by atoms with Crippen molar-refractivity contribution >= 4 is 11.9 Å². The smallest absolute Gasteiger partial charge is 0.308 e. The number of aryl methyl sites for hydroxylation is 2. The number of carboxylic acids is 1. The minimum atomic E-state index is -0.820. The summed E-state index contributed by atoms with van der Waals surface area (Å²) >= 11 is 0. The number of aromatic nitrogens is 2. The van der Waals surface area contributed by atoms with Crippen molar-refractivity contribution in [3.05, 3.63) is 17.5 Å². The molecule has 20 heavy (non-hydrogen) atoms. The van der Waals surface area contributed by atoms with Crippen LogP contribution in [0.4, 0.5) is 0 Å². The maximum Gasteiger partial charge on any atom is 0.308 e. The summed E-state index contributed by atoms with van der Waals surface area (Å²) in [6.45, 7) is 2.98. The molecule has 0 radical (unpaired) electrons. The van der Waals surface area contributed by atoms with E-state index in [9.17, 15) is 9.59 Å². The number of carboxylic acid groups (broad SMARTS) is 1. The third-order valence-electron chi connectivity index (χ3n) is 3.71. The number of hydrogen-bond donors (Lipinski definition) is 1. The van der Waals surface area contributed by atoms with Gasteiger partial charge in [-0.2, -0.15) is 5.10 Å². The molecule has 1 N–H and O–H groups in total. The Hall–Kier alpha value is -1.85. The predicted molar refractivity (Wildman–Crippen MR) is 73.5 cm³/mol. The van der Waals surface area contributed by atoms with Gasteiger partial charge in [0.15, 0.2) is 0 Å². The van der Waals surface area contributed by atoms with Crippen LogP contribution in [0.1, 0.15) is 42.4 Å². The number of likely N-dealkylation sites (tertiary alicyclic amines) is 1. The summed E-state index contributed by atoms with van der Waals surface area (Å²) in [5.41, 5.74) is 1.45. The highest BCUT2D eigenvalue weighted by Crippen LogP contribution is 2.19. The molecule has 1 aliphatic heterocycles. The number of aliphatic carboxylic acids is 1. The van der Waals surface area contributed by atoms with Gasteiger partial charge in [-0.25, -0.2) is 0 Å². The number of carbonyl (C=O) groups excluding carboxylic acids is 1. The molecular weight excluding hydrogens is 258 g/mol. The fourth-order valence-corrected chi connectivity index (χ4v) is 2.63. The zero-order valence-corrected chi connectivity index (χ0v) is 12.0. The van der Waals surface area contributed by atoms with Crippen LogP contribution in [0.2, 0.25) is 0 Å². The zero-order valence-electron chi connectivity index (χ0n) is 12.0. The maximum absolute atomic E-state index is 12.5. The molecule has 0 spiro atoms. The number of piperidine rings is 1. The summed E-state index contributed by atoms with van der Waals surface area (Å²) < 4.78 is 1.59. The zero-order chi connectivity index (χ0) is 14.7. The summed E-state index contributed by atoms with van der Waals surface area (Å²) in [6.07, 6.45) is 3.21. The van der Waals surface area contributed by atoms with E-state index < -0.39 is 11.9 Å². The molecule has 2 rings (SSSR count). The number of nitrogens with zero attached hydrogens (tertiary/aromatic N) is 3. The second kappa shape index (κ2) is 6.07. The van der Waals surface area contributed by atoms with E-state index in [1.807, 2.05) is 6.07 Å². The topological polar surface area (TPSA) is 75.4 Å². The molecule has 1 unspecified atom stereocenters.